The van der Waals surface area contributed by atoms with Gasteiger partial charge in [-0.2, -0.15) is 4.31 Å². The van der Waals surface area contributed by atoms with Crippen LogP contribution >= 0.6 is 0 Å². The third-order valence-corrected chi connectivity index (χ3v) is 8.39. The molecule has 2 aromatic rings. The number of para-hydroxylation sites is 2. The van der Waals surface area contributed by atoms with Gasteiger partial charge in [0.15, 0.2) is 0 Å². The first-order valence-corrected chi connectivity index (χ1v) is 13.3. The minimum Gasteiger partial charge on any atom is -0.370 e. The number of rotatable bonds is 6. The highest BCUT2D eigenvalue weighted by molar-refractivity contribution is 7.89. The number of benzene rings is 2. The summed E-state index contributed by atoms with van der Waals surface area (Å²) in [5.41, 5.74) is 2.97. The van der Waals surface area contributed by atoms with Crippen LogP contribution in [0.4, 0.5) is 11.4 Å². The molecule has 4 rings (SSSR count). The molecule has 2 aromatic carbocycles. The molecule has 7 nitrogen and oxygen atoms in total. The molecule has 1 N–H and O–H groups in total. The van der Waals surface area contributed by atoms with Crippen molar-refractivity contribution < 1.29 is 13.2 Å². The van der Waals surface area contributed by atoms with Crippen molar-refractivity contribution in [1.29, 1.82) is 0 Å². The molecule has 0 spiro atoms. The molecule has 1 amide bonds. The molecule has 0 atom stereocenters. The molecule has 2 aliphatic heterocycles. The number of nitrogens with one attached hydrogen (secondary N) is 1. The highest BCUT2D eigenvalue weighted by Gasteiger charge is 2.29. The number of anilines is 2. The van der Waals surface area contributed by atoms with Crippen molar-refractivity contribution in [2.45, 2.75) is 37.5 Å². The first-order chi connectivity index (χ1) is 15.9. The standard InChI is InChI=1S/C25H34N4O3S/c1-21-10-12-22(13-11-21)33(31,32)29-18-16-27(17-19-29)20-25(30)26-23-8-4-5-9-24(23)28-14-6-2-3-7-15-28/h4-5,8-13H,2-3,6-7,14-20H2,1H3,(H,26,30). The second-order valence-corrected chi connectivity index (χ2v) is 10.9. The number of carbonyl (C=O) groups is 1. The first kappa shape index (κ1) is 23.7. The number of hydrogen-bond acceptors (Lipinski definition) is 5. The summed E-state index contributed by atoms with van der Waals surface area (Å²) in [6.07, 6.45) is 4.88. The molecule has 2 heterocycles. The molecule has 2 fully saturated rings. The monoisotopic (exact) mass is 470 g/mol. The molecule has 0 unspecified atom stereocenters. The number of carbonyl (C=O) groups excluding carboxylic acids is 1. The van der Waals surface area contributed by atoms with Crippen molar-refractivity contribution in [1.82, 2.24) is 9.21 Å². The van der Waals surface area contributed by atoms with Crippen LogP contribution in [0.3, 0.4) is 0 Å². The van der Waals surface area contributed by atoms with Crippen molar-refractivity contribution >= 4 is 27.3 Å². The molecule has 0 bridgehead atoms. The zero-order valence-corrected chi connectivity index (χ0v) is 20.2. The van der Waals surface area contributed by atoms with Crippen molar-refractivity contribution in [3.63, 3.8) is 0 Å². The van der Waals surface area contributed by atoms with Crippen molar-refractivity contribution in [2.75, 3.05) is 56.0 Å². The second kappa shape index (κ2) is 10.7. The maximum atomic E-state index is 12.9. The fourth-order valence-corrected chi connectivity index (χ4v) is 5.97. The molecule has 2 aliphatic rings. The van der Waals surface area contributed by atoms with Crippen molar-refractivity contribution in [3.8, 4) is 0 Å². The maximum absolute atomic E-state index is 12.9. The highest BCUT2D eigenvalue weighted by Crippen LogP contribution is 2.28. The second-order valence-electron chi connectivity index (χ2n) is 8.96. The van der Waals surface area contributed by atoms with Crippen molar-refractivity contribution in [2.24, 2.45) is 0 Å². The fraction of sp³-hybridized carbons (Fsp3) is 0.480. The number of aryl methyl sites for hydroxylation is 1. The van der Waals surface area contributed by atoms with Gasteiger partial charge >= 0.3 is 0 Å². The van der Waals surface area contributed by atoms with Crippen LogP contribution in [0.2, 0.25) is 0 Å². The smallest absolute Gasteiger partial charge is 0.243 e. The van der Waals surface area contributed by atoms with Crippen LogP contribution < -0.4 is 10.2 Å². The van der Waals surface area contributed by atoms with E-state index < -0.39 is 10.0 Å². The highest BCUT2D eigenvalue weighted by atomic mass is 32.2. The summed E-state index contributed by atoms with van der Waals surface area (Å²) < 4.78 is 27.3. The molecule has 2 saturated heterocycles. The lowest BCUT2D eigenvalue weighted by Crippen LogP contribution is -2.50. The van der Waals surface area contributed by atoms with Crippen LogP contribution in [0.15, 0.2) is 53.4 Å². The third kappa shape index (κ3) is 5.93. The van der Waals surface area contributed by atoms with Gasteiger partial charge in [-0.15, -0.1) is 0 Å². The lowest BCUT2D eigenvalue weighted by Gasteiger charge is -2.33. The van der Waals surface area contributed by atoms with Crippen LogP contribution in [0, 0.1) is 6.92 Å². The van der Waals surface area contributed by atoms with E-state index in [4.69, 9.17) is 0 Å². The molecule has 0 aliphatic carbocycles. The van der Waals surface area contributed by atoms with E-state index in [9.17, 15) is 13.2 Å². The van der Waals surface area contributed by atoms with Crippen LogP contribution in [0.25, 0.3) is 0 Å². The maximum Gasteiger partial charge on any atom is 0.243 e. The number of piperazine rings is 1. The van der Waals surface area contributed by atoms with Crippen LogP contribution in [0.5, 0.6) is 0 Å². The van der Waals surface area contributed by atoms with Gasteiger partial charge in [0, 0.05) is 39.3 Å². The Kier molecular flexibility index (Phi) is 7.67. The summed E-state index contributed by atoms with van der Waals surface area (Å²) >= 11 is 0. The molecular weight excluding hydrogens is 436 g/mol. The Hall–Kier alpha value is -2.42. The van der Waals surface area contributed by atoms with Gasteiger partial charge in [-0.1, -0.05) is 42.7 Å². The summed E-state index contributed by atoms with van der Waals surface area (Å²) in [6, 6.07) is 15.0. The van der Waals surface area contributed by atoms with E-state index in [1.54, 1.807) is 12.1 Å². The minimum absolute atomic E-state index is 0.0629. The van der Waals surface area contributed by atoms with E-state index in [2.05, 4.69) is 16.3 Å². The average Bonchev–Trinajstić information content (AvgIpc) is 3.10. The number of amides is 1. The Labute approximate surface area is 197 Å². The molecule has 0 saturated carbocycles. The van der Waals surface area contributed by atoms with Crippen molar-refractivity contribution in [3.05, 3.63) is 54.1 Å². The number of sulfonamides is 1. The Bertz CT molecular complexity index is 1040. The van der Waals surface area contributed by atoms with E-state index in [1.807, 2.05) is 42.2 Å². The zero-order chi connectivity index (χ0) is 23.3. The summed E-state index contributed by atoms with van der Waals surface area (Å²) in [4.78, 5) is 17.5. The lowest BCUT2D eigenvalue weighted by molar-refractivity contribution is -0.117. The van der Waals surface area contributed by atoms with Gasteiger partial charge < -0.3 is 10.2 Å². The topological polar surface area (TPSA) is 73.0 Å². The molecule has 178 valence electrons. The van der Waals surface area contributed by atoms with E-state index >= 15 is 0 Å². The zero-order valence-electron chi connectivity index (χ0n) is 19.4. The van der Waals surface area contributed by atoms with Gasteiger partial charge in [0.2, 0.25) is 15.9 Å². The molecular formula is C25H34N4O3S. The van der Waals surface area contributed by atoms with Gasteiger partial charge in [-0.05, 0) is 44.0 Å². The summed E-state index contributed by atoms with van der Waals surface area (Å²) in [6.45, 7) is 6.06. The Morgan fingerprint density at radius 1 is 0.848 bits per heavy atom. The Balaban J connectivity index is 1.32. The predicted octanol–water partition coefficient (Wildman–Crippen LogP) is 3.32. The van der Waals surface area contributed by atoms with Gasteiger partial charge in [-0.25, -0.2) is 8.42 Å². The fourth-order valence-electron chi connectivity index (χ4n) is 4.55. The van der Waals surface area contributed by atoms with Crippen LogP contribution in [-0.4, -0.2) is 69.3 Å². The van der Waals surface area contributed by atoms with E-state index in [-0.39, 0.29) is 12.5 Å². The van der Waals surface area contributed by atoms with Crippen LogP contribution in [-0.2, 0) is 14.8 Å². The SMILES string of the molecule is Cc1ccc(S(=O)(=O)N2CCN(CC(=O)Nc3ccccc3N3CCCCCC3)CC2)cc1. The Morgan fingerprint density at radius 3 is 2.15 bits per heavy atom. The lowest BCUT2D eigenvalue weighted by atomic mass is 10.2. The molecule has 33 heavy (non-hydrogen) atoms. The predicted molar refractivity (Wildman–Crippen MR) is 132 cm³/mol. The molecule has 0 radical (unpaired) electrons. The Morgan fingerprint density at radius 2 is 1.48 bits per heavy atom. The third-order valence-electron chi connectivity index (χ3n) is 6.48. The van der Waals surface area contributed by atoms with Gasteiger partial charge in [0.25, 0.3) is 0 Å². The van der Waals surface area contributed by atoms with E-state index in [1.165, 1.54) is 30.0 Å². The number of hydrogen-bond donors (Lipinski definition) is 1. The van der Waals surface area contributed by atoms with Gasteiger partial charge in [0.1, 0.15) is 0 Å². The van der Waals surface area contributed by atoms with E-state index in [0.29, 0.717) is 31.1 Å². The molecule has 8 heteroatoms. The first-order valence-electron chi connectivity index (χ1n) is 11.9. The van der Waals surface area contributed by atoms with Crippen LogP contribution in [0.1, 0.15) is 31.2 Å². The summed E-state index contributed by atoms with van der Waals surface area (Å²) in [5, 5.41) is 3.09. The van der Waals surface area contributed by atoms with E-state index in [0.717, 1.165) is 30.0 Å². The normalized spacial score (nSPS) is 18.6. The summed E-state index contributed by atoms with van der Waals surface area (Å²) in [5.74, 6) is -0.0629. The van der Waals surface area contributed by atoms with Gasteiger partial charge in [0.05, 0.1) is 22.8 Å². The number of nitrogens with zero attached hydrogens (tertiary/aromatic N) is 3. The quantitative estimate of drug-likeness (QED) is 0.701. The van der Waals surface area contributed by atoms with Gasteiger partial charge in [-0.3, -0.25) is 9.69 Å². The average molecular weight is 471 g/mol. The largest absolute Gasteiger partial charge is 0.370 e. The minimum atomic E-state index is -3.50. The summed E-state index contributed by atoms with van der Waals surface area (Å²) in [7, 11) is -3.50. The molecule has 0 aromatic heterocycles.